The van der Waals surface area contributed by atoms with Gasteiger partial charge in [0.05, 0.1) is 16.7 Å². The van der Waals surface area contributed by atoms with Crippen molar-refractivity contribution in [3.8, 4) is 11.3 Å². The van der Waals surface area contributed by atoms with Gasteiger partial charge in [-0.05, 0) is 35.0 Å². The molecule has 5 rings (SSSR count). The summed E-state index contributed by atoms with van der Waals surface area (Å²) in [5.74, 6) is 0. The minimum atomic E-state index is 1.03. The second-order valence-corrected chi connectivity index (χ2v) is 6.17. The monoisotopic (exact) mass is 300 g/mol. The van der Waals surface area contributed by atoms with E-state index in [-0.39, 0.29) is 0 Å². The third-order valence-corrected chi connectivity index (χ3v) is 4.80. The average molecular weight is 300 g/mol. The third-order valence-electron chi connectivity index (χ3n) is 4.11. The lowest BCUT2D eigenvalue weighted by atomic mass is 10.1. The maximum Gasteiger partial charge on any atom is 0.146 e. The summed E-state index contributed by atoms with van der Waals surface area (Å²) in [4.78, 5) is 4.88. The van der Waals surface area contributed by atoms with E-state index in [9.17, 15) is 0 Å². The molecule has 0 radical (unpaired) electrons. The van der Waals surface area contributed by atoms with Crippen molar-refractivity contribution >= 4 is 38.8 Å². The van der Waals surface area contributed by atoms with Crippen molar-refractivity contribution in [1.82, 2.24) is 9.38 Å². The number of rotatable bonds is 1. The van der Waals surface area contributed by atoms with Crippen LogP contribution in [0.1, 0.15) is 0 Å². The van der Waals surface area contributed by atoms with E-state index in [0.29, 0.717) is 0 Å². The van der Waals surface area contributed by atoms with Crippen LogP contribution in [-0.4, -0.2) is 9.38 Å². The summed E-state index contributed by atoms with van der Waals surface area (Å²) in [6, 6.07) is 21.2. The predicted octanol–water partition coefficient (Wildman–Crippen LogP) is 5.37. The minimum Gasteiger partial charge on any atom is -0.292 e. The van der Waals surface area contributed by atoms with Crippen LogP contribution < -0.4 is 0 Å². The maximum atomic E-state index is 4.88. The Morgan fingerprint density at radius 1 is 0.909 bits per heavy atom. The van der Waals surface area contributed by atoms with Gasteiger partial charge in [0.15, 0.2) is 0 Å². The van der Waals surface area contributed by atoms with Gasteiger partial charge < -0.3 is 0 Å². The van der Waals surface area contributed by atoms with Crippen molar-refractivity contribution in [2.24, 2.45) is 0 Å². The molecule has 2 nitrogen and oxygen atoms in total. The summed E-state index contributed by atoms with van der Waals surface area (Å²) in [6.45, 7) is 0. The van der Waals surface area contributed by atoms with Crippen molar-refractivity contribution in [2.75, 3.05) is 0 Å². The molecule has 3 heterocycles. The lowest BCUT2D eigenvalue weighted by Gasteiger charge is -2.08. The van der Waals surface area contributed by atoms with E-state index in [2.05, 4.69) is 69.8 Å². The zero-order valence-corrected chi connectivity index (χ0v) is 12.5. The highest BCUT2D eigenvalue weighted by Gasteiger charge is 2.13. The Balaban J connectivity index is 2.09. The molecule has 0 N–H and O–H groups in total. The first kappa shape index (κ1) is 12.0. The molecule has 3 heteroatoms. The van der Waals surface area contributed by atoms with Gasteiger partial charge in [-0.1, -0.05) is 36.4 Å². The number of pyridine rings is 1. The van der Waals surface area contributed by atoms with Gasteiger partial charge in [0, 0.05) is 16.3 Å². The molecular weight excluding hydrogens is 288 g/mol. The Labute approximate surface area is 131 Å². The average Bonchev–Trinajstić information content (AvgIpc) is 3.22. The van der Waals surface area contributed by atoms with Crippen LogP contribution in [0.25, 0.3) is 38.7 Å². The molecule has 3 aromatic heterocycles. The Morgan fingerprint density at radius 2 is 1.77 bits per heavy atom. The van der Waals surface area contributed by atoms with E-state index in [0.717, 1.165) is 16.7 Å². The van der Waals surface area contributed by atoms with E-state index < -0.39 is 0 Å². The van der Waals surface area contributed by atoms with Crippen LogP contribution in [-0.2, 0) is 0 Å². The summed E-state index contributed by atoms with van der Waals surface area (Å²) in [6.07, 6.45) is 0. The van der Waals surface area contributed by atoms with E-state index in [1.54, 1.807) is 11.3 Å². The van der Waals surface area contributed by atoms with E-state index in [4.69, 9.17) is 4.98 Å². The van der Waals surface area contributed by atoms with Crippen LogP contribution in [0.5, 0.6) is 0 Å². The number of benzene rings is 2. The van der Waals surface area contributed by atoms with Gasteiger partial charge >= 0.3 is 0 Å². The molecule has 5 aromatic rings. The number of aromatic nitrogens is 2. The fraction of sp³-hybridized carbons (Fsp3) is 0. The fourth-order valence-corrected chi connectivity index (χ4v) is 3.76. The summed E-state index contributed by atoms with van der Waals surface area (Å²) in [5.41, 5.74) is 5.66. The molecule has 0 unspecified atom stereocenters. The summed E-state index contributed by atoms with van der Waals surface area (Å²) in [7, 11) is 0. The van der Waals surface area contributed by atoms with Gasteiger partial charge in [-0.15, -0.1) is 0 Å². The van der Waals surface area contributed by atoms with Gasteiger partial charge in [0.1, 0.15) is 5.65 Å². The van der Waals surface area contributed by atoms with Crippen molar-refractivity contribution in [2.45, 2.75) is 0 Å². The van der Waals surface area contributed by atoms with Gasteiger partial charge in [0.2, 0.25) is 0 Å². The van der Waals surface area contributed by atoms with E-state index in [1.165, 1.54) is 22.0 Å². The quantitative estimate of drug-likeness (QED) is 0.407. The highest BCUT2D eigenvalue weighted by atomic mass is 32.1. The minimum absolute atomic E-state index is 1.03. The van der Waals surface area contributed by atoms with Gasteiger partial charge in [-0.2, -0.15) is 11.3 Å². The Kier molecular flexibility index (Phi) is 2.40. The molecule has 0 aliphatic carbocycles. The summed E-state index contributed by atoms with van der Waals surface area (Å²) in [5, 5.41) is 6.73. The number of nitrogens with zero attached hydrogens (tertiary/aromatic N) is 2. The second-order valence-electron chi connectivity index (χ2n) is 5.39. The van der Waals surface area contributed by atoms with Gasteiger partial charge in [0.25, 0.3) is 0 Å². The molecule has 22 heavy (non-hydrogen) atoms. The normalized spacial score (nSPS) is 11.6. The van der Waals surface area contributed by atoms with Crippen molar-refractivity contribution < 1.29 is 0 Å². The largest absolute Gasteiger partial charge is 0.292 e. The topological polar surface area (TPSA) is 17.3 Å². The lowest BCUT2D eigenvalue weighted by molar-refractivity contribution is 1.25. The van der Waals surface area contributed by atoms with Crippen LogP contribution in [0.2, 0.25) is 0 Å². The SMILES string of the molecule is c1ccc2c(c1)cc(-c1ccsc1)n1c3ccccc3nc21. The Bertz CT molecular complexity index is 1120. The number of hydrogen-bond donors (Lipinski definition) is 0. The third kappa shape index (κ3) is 1.57. The summed E-state index contributed by atoms with van der Waals surface area (Å²) < 4.78 is 2.28. The van der Waals surface area contributed by atoms with Crippen molar-refractivity contribution in [3.63, 3.8) is 0 Å². The highest BCUT2D eigenvalue weighted by molar-refractivity contribution is 7.08. The lowest BCUT2D eigenvalue weighted by Crippen LogP contribution is -1.92. The first-order valence-electron chi connectivity index (χ1n) is 7.23. The molecule has 0 aliphatic rings. The summed E-state index contributed by atoms with van der Waals surface area (Å²) >= 11 is 1.72. The van der Waals surface area contributed by atoms with Crippen LogP contribution in [0.15, 0.2) is 71.4 Å². The zero-order chi connectivity index (χ0) is 14.5. The van der Waals surface area contributed by atoms with E-state index >= 15 is 0 Å². The smallest absolute Gasteiger partial charge is 0.146 e. The number of imidazole rings is 1. The molecule has 0 fully saturated rings. The molecule has 0 saturated carbocycles. The Hall–Kier alpha value is -2.65. The first-order valence-corrected chi connectivity index (χ1v) is 8.17. The zero-order valence-electron chi connectivity index (χ0n) is 11.7. The fourth-order valence-electron chi connectivity index (χ4n) is 3.11. The first-order chi connectivity index (χ1) is 10.9. The molecule has 0 aliphatic heterocycles. The predicted molar refractivity (Wildman–Crippen MR) is 93.5 cm³/mol. The number of hydrogen-bond acceptors (Lipinski definition) is 2. The molecule has 0 saturated heterocycles. The molecule has 0 amide bonds. The molecule has 104 valence electrons. The maximum absolute atomic E-state index is 4.88. The van der Waals surface area contributed by atoms with Crippen molar-refractivity contribution in [3.05, 3.63) is 71.4 Å². The van der Waals surface area contributed by atoms with Crippen LogP contribution in [0, 0.1) is 0 Å². The number of thiophene rings is 1. The van der Waals surface area contributed by atoms with Crippen LogP contribution >= 0.6 is 11.3 Å². The molecular formula is C19H12N2S. The molecule has 0 atom stereocenters. The van der Waals surface area contributed by atoms with Gasteiger partial charge in [-0.25, -0.2) is 4.98 Å². The second kappa shape index (κ2) is 4.42. The molecule has 0 spiro atoms. The van der Waals surface area contributed by atoms with Crippen LogP contribution in [0.3, 0.4) is 0 Å². The van der Waals surface area contributed by atoms with Gasteiger partial charge in [-0.3, -0.25) is 4.40 Å². The van der Waals surface area contributed by atoms with Crippen molar-refractivity contribution in [1.29, 1.82) is 0 Å². The Morgan fingerprint density at radius 3 is 2.68 bits per heavy atom. The number of fused-ring (bicyclic) bond motifs is 5. The molecule has 2 aromatic carbocycles. The van der Waals surface area contributed by atoms with Crippen LogP contribution in [0.4, 0.5) is 0 Å². The molecule has 0 bridgehead atoms. The van der Waals surface area contributed by atoms with E-state index in [1.807, 2.05) is 6.07 Å². The highest BCUT2D eigenvalue weighted by Crippen LogP contribution is 2.32. The standard InChI is InChI=1S/C19H12N2S/c1-2-6-15-13(5-1)11-18(14-9-10-22-12-14)21-17-8-4-3-7-16(17)20-19(15)21/h1-12H. The number of para-hydroxylation sites is 2.